The Bertz CT molecular complexity index is 413. The molecular formula is C14H20N2O3. The number of hydrogen-bond acceptors (Lipinski definition) is 4. The highest BCUT2D eigenvalue weighted by Crippen LogP contribution is 2.15. The third-order valence-corrected chi connectivity index (χ3v) is 3.41. The van der Waals surface area contributed by atoms with Gasteiger partial charge in [0.15, 0.2) is 6.10 Å². The van der Waals surface area contributed by atoms with E-state index in [0.29, 0.717) is 12.5 Å². The van der Waals surface area contributed by atoms with Gasteiger partial charge in [-0.15, -0.1) is 0 Å². The second-order valence-electron chi connectivity index (χ2n) is 4.85. The first-order valence-electron chi connectivity index (χ1n) is 6.60. The summed E-state index contributed by atoms with van der Waals surface area (Å²) in [6, 6.07) is 8.47. The summed E-state index contributed by atoms with van der Waals surface area (Å²) in [5.41, 5.74) is 2.28. The lowest BCUT2D eigenvalue weighted by Crippen LogP contribution is -2.42. The lowest BCUT2D eigenvalue weighted by molar-refractivity contribution is -0.146. The monoisotopic (exact) mass is 264 g/mol. The van der Waals surface area contributed by atoms with E-state index < -0.39 is 12.1 Å². The molecule has 2 atom stereocenters. The highest BCUT2D eigenvalue weighted by Gasteiger charge is 2.15. The van der Waals surface area contributed by atoms with Crippen molar-refractivity contribution >= 4 is 5.97 Å². The number of carbonyl (C=O) groups is 1. The number of carboxylic acids is 1. The number of rotatable bonds is 5. The molecule has 4 N–H and O–H groups in total. The van der Waals surface area contributed by atoms with Gasteiger partial charge >= 0.3 is 5.97 Å². The SMILES string of the molecule is O=C(O)C(O)CCc1ccc(C2CNCCN2)cc1. The highest BCUT2D eigenvalue weighted by molar-refractivity contribution is 5.71. The minimum absolute atomic E-state index is 0.248. The normalized spacial score (nSPS) is 21.0. The van der Waals surface area contributed by atoms with Crippen molar-refractivity contribution in [3.8, 4) is 0 Å². The van der Waals surface area contributed by atoms with Gasteiger partial charge in [-0.1, -0.05) is 24.3 Å². The molecule has 5 nitrogen and oxygen atoms in total. The molecule has 0 amide bonds. The van der Waals surface area contributed by atoms with Gasteiger partial charge in [-0.25, -0.2) is 4.79 Å². The average molecular weight is 264 g/mol. The van der Waals surface area contributed by atoms with Crippen LogP contribution in [-0.4, -0.2) is 41.9 Å². The second kappa shape index (κ2) is 6.65. The Labute approximate surface area is 112 Å². The molecule has 1 aliphatic heterocycles. The predicted octanol–water partition coefficient (Wildman–Crippen LogP) is 0.299. The molecule has 1 saturated heterocycles. The predicted molar refractivity (Wildman–Crippen MR) is 72.0 cm³/mol. The Hall–Kier alpha value is -1.43. The summed E-state index contributed by atoms with van der Waals surface area (Å²) < 4.78 is 0. The van der Waals surface area contributed by atoms with E-state index in [0.717, 1.165) is 25.2 Å². The van der Waals surface area contributed by atoms with Crippen molar-refractivity contribution in [3.63, 3.8) is 0 Å². The first kappa shape index (κ1) is 14.0. The third kappa shape index (κ3) is 4.02. The summed E-state index contributed by atoms with van der Waals surface area (Å²) in [5, 5.41) is 24.6. The number of benzene rings is 1. The molecular weight excluding hydrogens is 244 g/mol. The first-order valence-corrected chi connectivity index (χ1v) is 6.60. The van der Waals surface area contributed by atoms with Crippen molar-refractivity contribution in [1.82, 2.24) is 10.6 Å². The van der Waals surface area contributed by atoms with Crippen molar-refractivity contribution in [2.24, 2.45) is 0 Å². The van der Waals surface area contributed by atoms with Crippen LogP contribution in [-0.2, 0) is 11.2 Å². The van der Waals surface area contributed by atoms with Gasteiger partial charge in [0.25, 0.3) is 0 Å². The van der Waals surface area contributed by atoms with Crippen LogP contribution in [0.15, 0.2) is 24.3 Å². The minimum atomic E-state index is -1.27. The summed E-state index contributed by atoms with van der Waals surface area (Å²) in [5.74, 6) is -1.16. The zero-order valence-corrected chi connectivity index (χ0v) is 10.8. The quantitative estimate of drug-likeness (QED) is 0.615. The number of aliphatic hydroxyl groups excluding tert-OH is 1. The van der Waals surface area contributed by atoms with E-state index in [-0.39, 0.29) is 6.42 Å². The standard InChI is InChI=1S/C14H20N2O3/c17-13(14(18)19)6-3-10-1-4-11(5-2-10)12-9-15-7-8-16-12/h1-2,4-5,12-13,15-17H,3,6-9H2,(H,18,19). The van der Waals surface area contributed by atoms with Crippen molar-refractivity contribution in [2.75, 3.05) is 19.6 Å². The van der Waals surface area contributed by atoms with Crippen LogP contribution in [0.5, 0.6) is 0 Å². The van der Waals surface area contributed by atoms with Crippen molar-refractivity contribution in [1.29, 1.82) is 0 Å². The fourth-order valence-corrected chi connectivity index (χ4v) is 2.23. The van der Waals surface area contributed by atoms with Gasteiger partial charge in [-0.2, -0.15) is 0 Å². The number of carboxylic acid groups (broad SMARTS) is 1. The van der Waals surface area contributed by atoms with E-state index in [4.69, 9.17) is 5.11 Å². The van der Waals surface area contributed by atoms with Gasteiger partial charge < -0.3 is 20.8 Å². The van der Waals surface area contributed by atoms with Crippen LogP contribution >= 0.6 is 0 Å². The Kier molecular flexibility index (Phi) is 4.90. The Morgan fingerprint density at radius 3 is 2.63 bits per heavy atom. The molecule has 1 aliphatic rings. The zero-order valence-electron chi connectivity index (χ0n) is 10.8. The molecule has 0 bridgehead atoms. The van der Waals surface area contributed by atoms with Crippen LogP contribution in [0, 0.1) is 0 Å². The smallest absolute Gasteiger partial charge is 0.332 e. The molecule has 1 aromatic carbocycles. The fraction of sp³-hybridized carbons (Fsp3) is 0.500. The molecule has 0 aliphatic carbocycles. The maximum Gasteiger partial charge on any atom is 0.332 e. The molecule has 1 heterocycles. The topological polar surface area (TPSA) is 81.6 Å². The maximum absolute atomic E-state index is 10.5. The molecule has 104 valence electrons. The lowest BCUT2D eigenvalue weighted by Gasteiger charge is -2.25. The van der Waals surface area contributed by atoms with Crippen LogP contribution in [0.1, 0.15) is 23.6 Å². The third-order valence-electron chi connectivity index (χ3n) is 3.41. The zero-order chi connectivity index (χ0) is 13.7. The van der Waals surface area contributed by atoms with E-state index in [1.807, 2.05) is 12.1 Å². The lowest BCUT2D eigenvalue weighted by atomic mass is 10.0. The van der Waals surface area contributed by atoms with Crippen LogP contribution in [0.25, 0.3) is 0 Å². The highest BCUT2D eigenvalue weighted by atomic mass is 16.4. The number of aliphatic carboxylic acids is 1. The van der Waals surface area contributed by atoms with E-state index in [2.05, 4.69) is 22.8 Å². The number of nitrogens with one attached hydrogen (secondary N) is 2. The first-order chi connectivity index (χ1) is 9.16. The van der Waals surface area contributed by atoms with Gasteiger partial charge in [-0.05, 0) is 24.0 Å². The largest absolute Gasteiger partial charge is 0.479 e. The fourth-order valence-electron chi connectivity index (χ4n) is 2.23. The number of aliphatic hydroxyl groups is 1. The summed E-state index contributed by atoms with van der Waals surface area (Å²) in [6.07, 6.45) is -0.453. The molecule has 0 radical (unpaired) electrons. The van der Waals surface area contributed by atoms with Crippen LogP contribution in [0.3, 0.4) is 0 Å². The van der Waals surface area contributed by atoms with E-state index >= 15 is 0 Å². The number of hydrogen-bond donors (Lipinski definition) is 4. The van der Waals surface area contributed by atoms with E-state index in [9.17, 15) is 9.90 Å². The molecule has 0 saturated carbocycles. The molecule has 0 aromatic heterocycles. The number of piperazine rings is 1. The van der Waals surface area contributed by atoms with Gasteiger partial charge in [0.1, 0.15) is 0 Å². The summed E-state index contributed by atoms with van der Waals surface area (Å²) in [6.45, 7) is 2.90. The van der Waals surface area contributed by atoms with Gasteiger partial charge in [0.2, 0.25) is 0 Å². The van der Waals surface area contributed by atoms with Crippen molar-refractivity contribution in [3.05, 3.63) is 35.4 Å². The molecule has 2 rings (SSSR count). The van der Waals surface area contributed by atoms with Crippen molar-refractivity contribution in [2.45, 2.75) is 25.0 Å². The van der Waals surface area contributed by atoms with Gasteiger partial charge in [0, 0.05) is 25.7 Å². The van der Waals surface area contributed by atoms with E-state index in [1.165, 1.54) is 5.56 Å². The Morgan fingerprint density at radius 2 is 2.05 bits per heavy atom. The minimum Gasteiger partial charge on any atom is -0.479 e. The van der Waals surface area contributed by atoms with Crippen LogP contribution in [0.4, 0.5) is 0 Å². The van der Waals surface area contributed by atoms with E-state index in [1.54, 1.807) is 0 Å². The van der Waals surface area contributed by atoms with Gasteiger partial charge in [0.05, 0.1) is 0 Å². The van der Waals surface area contributed by atoms with Crippen LogP contribution in [0.2, 0.25) is 0 Å². The molecule has 2 unspecified atom stereocenters. The molecule has 1 fully saturated rings. The summed E-state index contributed by atoms with van der Waals surface area (Å²) >= 11 is 0. The molecule has 0 spiro atoms. The van der Waals surface area contributed by atoms with Crippen LogP contribution < -0.4 is 10.6 Å². The summed E-state index contributed by atoms with van der Waals surface area (Å²) in [4.78, 5) is 10.5. The summed E-state index contributed by atoms with van der Waals surface area (Å²) in [7, 11) is 0. The number of aryl methyl sites for hydroxylation is 1. The van der Waals surface area contributed by atoms with Crippen molar-refractivity contribution < 1.29 is 15.0 Å². The van der Waals surface area contributed by atoms with Gasteiger partial charge in [-0.3, -0.25) is 0 Å². The second-order valence-corrected chi connectivity index (χ2v) is 4.85. The molecule has 5 heteroatoms. The average Bonchev–Trinajstić information content (AvgIpc) is 2.46. The Morgan fingerprint density at radius 1 is 1.32 bits per heavy atom. The maximum atomic E-state index is 10.5. The Balaban J connectivity index is 1.89. The molecule has 19 heavy (non-hydrogen) atoms. The molecule has 1 aromatic rings.